The van der Waals surface area contributed by atoms with Crippen LogP contribution in [0.25, 0.3) is 0 Å². The van der Waals surface area contributed by atoms with Crippen LogP contribution in [-0.2, 0) is 9.53 Å². The van der Waals surface area contributed by atoms with Gasteiger partial charge in [0, 0.05) is 50.5 Å². The van der Waals surface area contributed by atoms with Crippen molar-refractivity contribution >= 4 is 36.2 Å². The number of benzene rings is 2. The van der Waals surface area contributed by atoms with Gasteiger partial charge in [-0.15, -0.1) is 0 Å². The van der Waals surface area contributed by atoms with E-state index in [0.29, 0.717) is 17.4 Å². The van der Waals surface area contributed by atoms with Gasteiger partial charge in [-0.2, -0.15) is 5.26 Å². The van der Waals surface area contributed by atoms with Gasteiger partial charge in [0.15, 0.2) is 5.84 Å². The number of hydrogen-bond donors (Lipinski definition) is 3. The third kappa shape index (κ3) is 11.4. The molecule has 244 valence electrons. The summed E-state index contributed by atoms with van der Waals surface area (Å²) >= 11 is 0. The minimum absolute atomic E-state index is 0.0816. The maximum atomic E-state index is 10.8. The van der Waals surface area contributed by atoms with Crippen LogP contribution < -0.4 is 10.6 Å². The highest BCUT2D eigenvalue weighted by Gasteiger charge is 2.28. The van der Waals surface area contributed by atoms with Gasteiger partial charge in [-0.1, -0.05) is 13.8 Å². The molecule has 0 unspecified atom stereocenters. The topological polar surface area (TPSA) is 163 Å². The molecule has 45 heavy (non-hydrogen) atoms. The van der Waals surface area contributed by atoms with Gasteiger partial charge in [0.2, 0.25) is 5.91 Å². The number of nitriles is 1. The molecule has 2 aromatic carbocycles. The number of likely N-dealkylation sites (tertiary alicyclic amines) is 1. The second kappa shape index (κ2) is 20.7. The lowest BCUT2D eigenvalue weighted by Crippen LogP contribution is -2.56. The number of nitrogens with zero attached hydrogens (tertiary/aromatic N) is 7. The molecular formula is C33H48N8O4. The summed E-state index contributed by atoms with van der Waals surface area (Å²) in [5.41, 5.74) is 7.21. The zero-order valence-electron chi connectivity index (χ0n) is 26.8. The Balaban J connectivity index is 0.000000423. The number of anilines is 1. The summed E-state index contributed by atoms with van der Waals surface area (Å²) in [4.78, 5) is 30.0. The summed E-state index contributed by atoms with van der Waals surface area (Å²) < 4.78 is 5.30. The SMILES string of the molecule is C=NC(=NC=Nc1ccc(N2CCN(C3COC3)CC2)cc1)c1ccc(O)c(C#N)c1.CC.CN.O=C(CO)N1CCCCC1. The molecule has 3 aliphatic rings. The summed E-state index contributed by atoms with van der Waals surface area (Å²) in [6.07, 6.45) is 4.81. The van der Waals surface area contributed by atoms with Crippen molar-refractivity contribution in [1.29, 1.82) is 5.26 Å². The Labute approximate surface area is 267 Å². The van der Waals surface area contributed by atoms with Crippen LogP contribution in [0.2, 0.25) is 0 Å². The molecule has 3 heterocycles. The summed E-state index contributed by atoms with van der Waals surface area (Å²) in [5, 5.41) is 27.2. The van der Waals surface area contributed by atoms with Crippen LogP contribution >= 0.6 is 0 Å². The van der Waals surface area contributed by atoms with Crippen molar-refractivity contribution in [1.82, 2.24) is 9.80 Å². The first-order valence-corrected chi connectivity index (χ1v) is 15.5. The zero-order valence-corrected chi connectivity index (χ0v) is 26.8. The Kier molecular flexibility index (Phi) is 17.1. The highest BCUT2D eigenvalue weighted by atomic mass is 16.5. The Hall–Kier alpha value is -4.15. The van der Waals surface area contributed by atoms with Crippen LogP contribution in [0.3, 0.4) is 0 Å². The number of amidine groups is 1. The van der Waals surface area contributed by atoms with Gasteiger partial charge in [-0.05, 0) is 75.5 Å². The monoisotopic (exact) mass is 620 g/mol. The number of aromatic hydroxyl groups is 1. The molecule has 1 amide bonds. The smallest absolute Gasteiger partial charge is 0.248 e. The maximum Gasteiger partial charge on any atom is 0.248 e. The van der Waals surface area contributed by atoms with Crippen LogP contribution in [0.4, 0.5) is 11.4 Å². The van der Waals surface area contributed by atoms with Gasteiger partial charge in [-0.3, -0.25) is 9.69 Å². The molecule has 3 fully saturated rings. The van der Waals surface area contributed by atoms with Gasteiger partial charge in [0.05, 0.1) is 30.5 Å². The number of amides is 1. The number of piperazine rings is 1. The lowest BCUT2D eigenvalue weighted by Gasteiger charge is -2.43. The van der Waals surface area contributed by atoms with E-state index in [0.717, 1.165) is 71.0 Å². The van der Waals surface area contributed by atoms with Crippen molar-refractivity contribution in [2.75, 3.05) is 71.0 Å². The molecule has 0 aromatic heterocycles. The van der Waals surface area contributed by atoms with Crippen LogP contribution in [-0.4, -0.2) is 117 Å². The largest absolute Gasteiger partial charge is 0.507 e. The molecular weight excluding hydrogens is 572 g/mol. The number of nitrogens with two attached hydrogens (primary N) is 1. The second-order valence-corrected chi connectivity index (χ2v) is 10.0. The number of ether oxygens (including phenoxy) is 1. The summed E-state index contributed by atoms with van der Waals surface area (Å²) in [7, 11) is 1.50. The Bertz CT molecular complexity index is 1270. The molecule has 0 spiro atoms. The number of carbonyl (C=O) groups excluding carboxylic acids is 1. The highest BCUT2D eigenvalue weighted by Crippen LogP contribution is 2.23. The van der Waals surface area contributed by atoms with E-state index in [9.17, 15) is 9.90 Å². The number of phenols is 1. The molecule has 3 aliphatic heterocycles. The van der Waals surface area contributed by atoms with Crippen molar-refractivity contribution in [2.45, 2.75) is 39.2 Å². The number of hydrogen-bond acceptors (Lipinski definition) is 9. The van der Waals surface area contributed by atoms with Crippen LogP contribution in [0, 0.1) is 11.3 Å². The average molecular weight is 621 g/mol. The van der Waals surface area contributed by atoms with Crippen LogP contribution in [0.15, 0.2) is 57.4 Å². The number of carbonyl (C=O) groups is 1. The second-order valence-electron chi connectivity index (χ2n) is 10.0. The molecule has 0 saturated carbocycles. The van der Waals surface area contributed by atoms with Gasteiger partial charge < -0.3 is 30.5 Å². The molecule has 5 rings (SSSR count). The highest BCUT2D eigenvalue weighted by molar-refractivity contribution is 6.05. The minimum Gasteiger partial charge on any atom is -0.507 e. The number of piperidine rings is 1. The quantitative estimate of drug-likeness (QED) is 0.328. The van der Waals surface area contributed by atoms with Crippen molar-refractivity contribution in [2.24, 2.45) is 20.7 Å². The van der Waals surface area contributed by atoms with E-state index in [2.05, 4.69) is 49.4 Å². The van der Waals surface area contributed by atoms with Crippen molar-refractivity contribution in [3.8, 4) is 11.8 Å². The lowest BCUT2D eigenvalue weighted by molar-refractivity contribution is -0.135. The van der Waals surface area contributed by atoms with Gasteiger partial charge in [-0.25, -0.2) is 15.0 Å². The normalized spacial score (nSPS) is 16.9. The van der Waals surface area contributed by atoms with Gasteiger partial charge in [0.25, 0.3) is 0 Å². The molecule has 4 N–H and O–H groups in total. The van der Waals surface area contributed by atoms with Crippen molar-refractivity contribution in [3.05, 3.63) is 53.6 Å². The van der Waals surface area contributed by atoms with E-state index < -0.39 is 0 Å². The summed E-state index contributed by atoms with van der Waals surface area (Å²) in [6.45, 7) is 14.7. The van der Waals surface area contributed by atoms with Crippen molar-refractivity contribution < 1.29 is 19.7 Å². The third-order valence-electron chi connectivity index (χ3n) is 7.42. The number of aliphatic hydroxyl groups is 1. The van der Waals surface area contributed by atoms with E-state index in [1.54, 1.807) is 11.0 Å². The summed E-state index contributed by atoms with van der Waals surface area (Å²) in [6, 6.07) is 15.2. The molecule has 0 bridgehead atoms. The van der Waals surface area contributed by atoms with E-state index in [1.807, 2.05) is 32.0 Å². The zero-order chi connectivity index (χ0) is 33.0. The molecule has 12 nitrogen and oxygen atoms in total. The fourth-order valence-electron chi connectivity index (χ4n) is 4.89. The molecule has 0 aliphatic carbocycles. The number of aliphatic imine (C=N–C) groups is 3. The molecule has 0 atom stereocenters. The van der Waals surface area contributed by atoms with Gasteiger partial charge >= 0.3 is 0 Å². The Morgan fingerprint density at radius 1 is 1.04 bits per heavy atom. The predicted molar refractivity (Wildman–Crippen MR) is 181 cm³/mol. The Morgan fingerprint density at radius 2 is 1.69 bits per heavy atom. The number of rotatable bonds is 6. The first-order chi connectivity index (χ1) is 22.0. The van der Waals surface area contributed by atoms with E-state index in [1.165, 1.54) is 37.6 Å². The number of phenolic OH excluding ortho intramolecular Hbond substituents is 1. The fourth-order valence-corrected chi connectivity index (χ4v) is 4.89. The molecule has 12 heteroatoms. The van der Waals surface area contributed by atoms with Crippen LogP contribution in [0.1, 0.15) is 44.2 Å². The molecule has 2 aromatic rings. The van der Waals surface area contributed by atoms with E-state index >= 15 is 0 Å². The van der Waals surface area contributed by atoms with Gasteiger partial charge in [0.1, 0.15) is 24.8 Å². The van der Waals surface area contributed by atoms with E-state index in [-0.39, 0.29) is 23.8 Å². The third-order valence-corrected chi connectivity index (χ3v) is 7.42. The molecule has 3 saturated heterocycles. The first-order valence-electron chi connectivity index (χ1n) is 15.5. The lowest BCUT2D eigenvalue weighted by atomic mass is 10.1. The van der Waals surface area contributed by atoms with Crippen molar-refractivity contribution in [3.63, 3.8) is 0 Å². The maximum absolute atomic E-state index is 10.8. The minimum atomic E-state index is -0.333. The Morgan fingerprint density at radius 3 is 2.22 bits per heavy atom. The van der Waals surface area contributed by atoms with E-state index in [4.69, 9.17) is 15.1 Å². The van der Waals surface area contributed by atoms with Crippen LogP contribution in [0.5, 0.6) is 5.75 Å². The molecule has 0 radical (unpaired) electrons. The average Bonchev–Trinajstić information content (AvgIpc) is 3.09. The summed E-state index contributed by atoms with van der Waals surface area (Å²) in [5.74, 6) is 0.119. The predicted octanol–water partition coefficient (Wildman–Crippen LogP) is 3.18. The number of aliphatic hydroxyl groups excluding tert-OH is 1. The fraction of sp³-hybridized carbons (Fsp3) is 0.485. The first kappa shape index (κ1) is 37.0. The standard InChI is InChI=1S/C23H24N6O2.C7H13NO2.C2H6.CH5N/c1-25-23(17-2-7-22(30)18(12-17)13-24)27-16-26-19-3-5-20(6-4-19)28-8-10-29(11-9-28)21-14-31-15-21;9-6-7(10)8-4-2-1-3-5-8;2*1-2/h2-7,12,16,21,30H,1,8-11,14-15H2;9H,1-6H2;1-2H3;2H2,1H3.